The van der Waals surface area contributed by atoms with Crippen molar-refractivity contribution < 1.29 is 8.83 Å². The Bertz CT molecular complexity index is 2800. The minimum Gasteiger partial charge on any atom is -0.456 e. The topological polar surface area (TPSA) is 26.3 Å². The fourth-order valence-corrected chi connectivity index (χ4v) is 7.55. The van der Waals surface area contributed by atoms with Gasteiger partial charge in [0.25, 0.3) is 0 Å². The summed E-state index contributed by atoms with van der Waals surface area (Å²) >= 11 is 0. The van der Waals surface area contributed by atoms with Gasteiger partial charge in [0.2, 0.25) is 0 Å². The Labute approximate surface area is 271 Å². The molecule has 2 aromatic heterocycles. The van der Waals surface area contributed by atoms with E-state index in [1.165, 1.54) is 49.4 Å². The fraction of sp³-hybridized carbons (Fsp3) is 0.0222. The van der Waals surface area contributed by atoms with Gasteiger partial charge in [-0.2, -0.15) is 0 Å². The second-order valence-electron chi connectivity index (χ2n) is 12.5. The van der Waals surface area contributed by atoms with Gasteiger partial charge in [0.15, 0.2) is 0 Å². The number of fused-ring (bicyclic) bond motifs is 10. The van der Waals surface area contributed by atoms with Crippen molar-refractivity contribution in [3.05, 3.63) is 180 Å². The molecule has 0 aliphatic carbocycles. The van der Waals surface area contributed by atoms with E-state index in [0.29, 0.717) is 0 Å². The molecule has 220 valence electrons. The summed E-state index contributed by atoms with van der Waals surface area (Å²) in [4.78, 5) is 0. The fourth-order valence-electron chi connectivity index (χ4n) is 7.55. The van der Waals surface area contributed by atoms with E-state index < -0.39 is 0 Å². The van der Waals surface area contributed by atoms with Crippen molar-refractivity contribution >= 4 is 65.4 Å². The molecule has 0 N–H and O–H groups in total. The van der Waals surface area contributed by atoms with Crippen molar-refractivity contribution in [2.24, 2.45) is 0 Å². The molecule has 0 aliphatic heterocycles. The second-order valence-corrected chi connectivity index (χ2v) is 12.5. The van der Waals surface area contributed by atoms with Crippen LogP contribution < -0.4 is 0 Å². The van der Waals surface area contributed by atoms with Crippen molar-refractivity contribution in [2.75, 3.05) is 0 Å². The van der Waals surface area contributed by atoms with Crippen molar-refractivity contribution in [3.63, 3.8) is 0 Å². The van der Waals surface area contributed by atoms with E-state index >= 15 is 0 Å². The van der Waals surface area contributed by atoms with E-state index in [1.54, 1.807) is 0 Å². The maximum absolute atomic E-state index is 6.50. The van der Waals surface area contributed by atoms with Gasteiger partial charge in [0.1, 0.15) is 22.3 Å². The smallest absolute Gasteiger partial charge is 0.143 e. The first-order valence-electron chi connectivity index (χ1n) is 16.1. The molecule has 1 atom stereocenters. The van der Waals surface area contributed by atoms with Crippen LogP contribution in [0.5, 0.6) is 0 Å². The van der Waals surface area contributed by atoms with Gasteiger partial charge in [0, 0.05) is 32.8 Å². The Hall–Kier alpha value is -6.12. The Balaban J connectivity index is 1.10. The summed E-state index contributed by atoms with van der Waals surface area (Å²) in [7, 11) is 0. The third-order valence-corrected chi connectivity index (χ3v) is 9.76. The number of rotatable bonds is 4. The molecule has 10 aromatic rings. The van der Waals surface area contributed by atoms with Crippen LogP contribution in [0.3, 0.4) is 0 Å². The number of hydrogen-bond acceptors (Lipinski definition) is 2. The molecule has 8 aromatic carbocycles. The Morgan fingerprint density at radius 3 is 2.00 bits per heavy atom. The highest BCUT2D eigenvalue weighted by atomic mass is 16.3. The highest BCUT2D eigenvalue weighted by molar-refractivity contribution is 6.19. The molecule has 0 bridgehead atoms. The van der Waals surface area contributed by atoms with Crippen LogP contribution in [-0.4, -0.2) is 0 Å². The zero-order chi connectivity index (χ0) is 30.9. The summed E-state index contributed by atoms with van der Waals surface area (Å²) in [5, 5.41) is 9.39. The highest BCUT2D eigenvalue weighted by Gasteiger charge is 2.20. The molecular weight excluding hydrogens is 572 g/mol. The molecule has 2 nitrogen and oxygen atoms in total. The molecule has 0 amide bonds. The van der Waals surface area contributed by atoms with Crippen molar-refractivity contribution in [2.45, 2.75) is 5.92 Å². The lowest BCUT2D eigenvalue weighted by molar-refractivity contribution is 0.668. The zero-order valence-corrected chi connectivity index (χ0v) is 25.5. The van der Waals surface area contributed by atoms with E-state index in [4.69, 9.17) is 8.83 Å². The first-order valence-corrected chi connectivity index (χ1v) is 16.1. The first-order chi connectivity index (χ1) is 23.3. The van der Waals surface area contributed by atoms with Crippen LogP contribution in [0.15, 0.2) is 173 Å². The molecular formula is C45H28O2. The predicted octanol–water partition coefficient (Wildman–Crippen LogP) is 12.6. The largest absolute Gasteiger partial charge is 0.456 e. The Morgan fingerprint density at radius 1 is 0.340 bits per heavy atom. The van der Waals surface area contributed by atoms with Gasteiger partial charge in [-0.05, 0) is 80.4 Å². The molecule has 0 saturated heterocycles. The maximum atomic E-state index is 6.50. The van der Waals surface area contributed by atoms with Gasteiger partial charge in [-0.3, -0.25) is 0 Å². The minimum atomic E-state index is 0.0427. The standard InChI is InChI=1S/C45H28O2/c1-2-10-29(11-3-1)43(34-19-23-39-42(27-34)46-41-24-20-28-9-4-5-14-35(28)44(39)41)33-13-8-12-30(26-33)31-17-21-36-32(25-31)18-22-38-37-15-6-7-16-40(37)47-45(36)38/h1-27,43H. The molecule has 10 rings (SSSR count). The lowest BCUT2D eigenvalue weighted by atomic mass is 9.83. The van der Waals surface area contributed by atoms with Gasteiger partial charge in [0.05, 0.1) is 0 Å². The van der Waals surface area contributed by atoms with Crippen LogP contribution in [0.4, 0.5) is 0 Å². The average molecular weight is 601 g/mol. The molecule has 2 heterocycles. The molecule has 2 heteroatoms. The van der Waals surface area contributed by atoms with E-state index in [0.717, 1.165) is 43.9 Å². The van der Waals surface area contributed by atoms with Crippen LogP contribution in [-0.2, 0) is 0 Å². The molecule has 1 unspecified atom stereocenters. The second kappa shape index (κ2) is 10.2. The number of benzene rings is 8. The van der Waals surface area contributed by atoms with Gasteiger partial charge in [-0.1, -0.05) is 127 Å². The van der Waals surface area contributed by atoms with Crippen molar-refractivity contribution in [1.29, 1.82) is 0 Å². The minimum absolute atomic E-state index is 0.0427. The summed E-state index contributed by atoms with van der Waals surface area (Å²) in [5.74, 6) is 0.0427. The van der Waals surface area contributed by atoms with Crippen LogP contribution >= 0.6 is 0 Å². The third-order valence-electron chi connectivity index (χ3n) is 9.76. The first kappa shape index (κ1) is 26.1. The highest BCUT2D eigenvalue weighted by Crippen LogP contribution is 2.40. The summed E-state index contributed by atoms with van der Waals surface area (Å²) in [6.07, 6.45) is 0. The van der Waals surface area contributed by atoms with Crippen LogP contribution in [0.2, 0.25) is 0 Å². The molecule has 0 saturated carbocycles. The lowest BCUT2D eigenvalue weighted by Gasteiger charge is -2.20. The van der Waals surface area contributed by atoms with Crippen LogP contribution in [0.1, 0.15) is 22.6 Å². The van der Waals surface area contributed by atoms with Crippen LogP contribution in [0.25, 0.3) is 76.5 Å². The maximum Gasteiger partial charge on any atom is 0.143 e. The third kappa shape index (κ3) is 4.12. The monoisotopic (exact) mass is 600 g/mol. The quantitative estimate of drug-likeness (QED) is 0.188. The van der Waals surface area contributed by atoms with Gasteiger partial charge in [-0.15, -0.1) is 0 Å². The van der Waals surface area contributed by atoms with E-state index in [2.05, 4.69) is 152 Å². The average Bonchev–Trinajstić information content (AvgIpc) is 3.71. The number of hydrogen-bond donors (Lipinski definition) is 0. The molecule has 0 radical (unpaired) electrons. The zero-order valence-electron chi connectivity index (χ0n) is 25.5. The lowest BCUT2D eigenvalue weighted by Crippen LogP contribution is -2.03. The Morgan fingerprint density at radius 2 is 1.06 bits per heavy atom. The van der Waals surface area contributed by atoms with Crippen LogP contribution in [0, 0.1) is 0 Å². The SMILES string of the molecule is c1ccc(C(c2cccc(-c3ccc4c(ccc5c6ccccc6oc45)c3)c2)c2ccc3c(c2)oc2ccc4ccccc4c23)cc1. The summed E-state index contributed by atoms with van der Waals surface area (Å²) in [6, 6.07) is 58.7. The molecule has 47 heavy (non-hydrogen) atoms. The summed E-state index contributed by atoms with van der Waals surface area (Å²) < 4.78 is 12.8. The van der Waals surface area contributed by atoms with Crippen molar-refractivity contribution in [3.8, 4) is 11.1 Å². The number of furan rings is 2. The Kier molecular flexibility index (Phi) is 5.67. The van der Waals surface area contributed by atoms with E-state index in [-0.39, 0.29) is 5.92 Å². The summed E-state index contributed by atoms with van der Waals surface area (Å²) in [6.45, 7) is 0. The van der Waals surface area contributed by atoms with E-state index in [1.807, 2.05) is 12.1 Å². The van der Waals surface area contributed by atoms with Gasteiger partial charge >= 0.3 is 0 Å². The molecule has 0 spiro atoms. The molecule has 0 fully saturated rings. The van der Waals surface area contributed by atoms with Crippen molar-refractivity contribution in [1.82, 2.24) is 0 Å². The van der Waals surface area contributed by atoms with Gasteiger partial charge < -0.3 is 8.83 Å². The normalized spacial score (nSPS) is 12.6. The summed E-state index contributed by atoms with van der Waals surface area (Å²) in [5.41, 5.74) is 9.76. The predicted molar refractivity (Wildman–Crippen MR) is 195 cm³/mol. The number of para-hydroxylation sites is 1. The van der Waals surface area contributed by atoms with Gasteiger partial charge in [-0.25, -0.2) is 0 Å². The molecule has 0 aliphatic rings. The van der Waals surface area contributed by atoms with E-state index in [9.17, 15) is 0 Å².